The minimum atomic E-state index is 0. The van der Waals surface area contributed by atoms with Gasteiger partial charge in [0.05, 0.1) is 11.1 Å². The molecule has 0 aromatic heterocycles. The van der Waals surface area contributed by atoms with E-state index < -0.39 is 0 Å². The van der Waals surface area contributed by atoms with E-state index in [2.05, 4.69) is 0 Å². The van der Waals surface area contributed by atoms with E-state index >= 15 is 0 Å². The average Bonchev–Trinajstić information content (AvgIpc) is 2.41. The molecule has 0 spiro atoms. The molecule has 2 rings (SSSR count). The molecule has 0 heterocycles. The number of rotatable bonds is 2. The molecular formula is C14H12O4Zn. The zero-order chi connectivity index (χ0) is 13.4. The maximum atomic E-state index is 10.1. The van der Waals surface area contributed by atoms with E-state index in [4.69, 9.17) is 10.2 Å². The topological polar surface area (TPSA) is 74.6 Å². The van der Waals surface area contributed by atoms with Crippen LogP contribution >= 0.6 is 0 Å². The zero-order valence-electron chi connectivity index (χ0n) is 10.2. The number of phenolic OH excluding ortho intramolecular Hbond substituents is 2. The molecule has 2 aromatic rings. The van der Waals surface area contributed by atoms with Crippen molar-refractivity contribution < 1.29 is 39.3 Å². The van der Waals surface area contributed by atoms with Gasteiger partial charge in [-0.15, -0.1) is 0 Å². The van der Waals surface area contributed by atoms with Crippen LogP contribution in [0.15, 0.2) is 48.5 Å². The summed E-state index contributed by atoms with van der Waals surface area (Å²) in [6.07, 6.45) is 1.24. The van der Waals surface area contributed by atoms with E-state index in [1.54, 1.807) is 36.4 Å². The molecule has 0 aliphatic carbocycles. The number of carbonyl (C=O) groups excluding carboxylic acids is 2. The molecular weight excluding hydrogens is 298 g/mol. The maximum Gasteiger partial charge on any atom is 0.153 e. The fourth-order valence-electron chi connectivity index (χ4n) is 1.17. The van der Waals surface area contributed by atoms with Crippen LogP contribution in [0.1, 0.15) is 20.7 Å². The number of benzene rings is 2. The summed E-state index contributed by atoms with van der Waals surface area (Å²) >= 11 is 0. The standard InChI is InChI=1S/2C7H6O2.Zn/c2*8-5-6-3-1-2-4-7(6)9;/h2*1-5,9H;. The van der Waals surface area contributed by atoms with Crippen molar-refractivity contribution in [3.63, 3.8) is 0 Å². The van der Waals surface area contributed by atoms with Crippen LogP contribution in [0.5, 0.6) is 11.5 Å². The molecule has 94 valence electrons. The van der Waals surface area contributed by atoms with Gasteiger partial charge in [-0.2, -0.15) is 0 Å². The number of phenols is 2. The number of para-hydroxylation sites is 2. The third-order valence-corrected chi connectivity index (χ3v) is 2.13. The molecule has 19 heavy (non-hydrogen) atoms. The monoisotopic (exact) mass is 308 g/mol. The molecule has 0 atom stereocenters. The Labute approximate surface area is 123 Å². The number of hydrogen-bond donors (Lipinski definition) is 2. The van der Waals surface area contributed by atoms with Crippen molar-refractivity contribution in [2.24, 2.45) is 0 Å². The number of hydrogen-bond acceptors (Lipinski definition) is 4. The van der Waals surface area contributed by atoms with Crippen LogP contribution in [-0.2, 0) is 19.5 Å². The normalized spacial score (nSPS) is 8.42. The minimum Gasteiger partial charge on any atom is -0.507 e. The summed E-state index contributed by atoms with van der Waals surface area (Å²) in [6.45, 7) is 0. The van der Waals surface area contributed by atoms with Gasteiger partial charge in [-0.25, -0.2) is 0 Å². The number of aromatic hydroxyl groups is 2. The Morgan fingerprint density at radius 3 is 1.21 bits per heavy atom. The summed E-state index contributed by atoms with van der Waals surface area (Å²) in [5.41, 5.74) is 0.662. The Balaban J connectivity index is 0.000000324. The van der Waals surface area contributed by atoms with Gasteiger partial charge < -0.3 is 10.2 Å². The van der Waals surface area contributed by atoms with Gasteiger partial charge in [0.2, 0.25) is 0 Å². The first-order chi connectivity index (χ1) is 8.69. The van der Waals surface area contributed by atoms with Gasteiger partial charge in [0.25, 0.3) is 0 Å². The smallest absolute Gasteiger partial charge is 0.153 e. The van der Waals surface area contributed by atoms with E-state index in [9.17, 15) is 9.59 Å². The average molecular weight is 310 g/mol. The first-order valence-electron chi connectivity index (χ1n) is 5.15. The molecule has 0 radical (unpaired) electrons. The van der Waals surface area contributed by atoms with E-state index in [-0.39, 0.29) is 31.0 Å². The molecule has 4 nitrogen and oxygen atoms in total. The Hall–Kier alpha value is -2.00. The van der Waals surface area contributed by atoms with Crippen molar-refractivity contribution in [2.45, 2.75) is 0 Å². The molecule has 0 aliphatic rings. The van der Waals surface area contributed by atoms with Gasteiger partial charge >= 0.3 is 0 Å². The summed E-state index contributed by atoms with van der Waals surface area (Å²) in [5.74, 6) is 0.0694. The predicted octanol–water partition coefficient (Wildman–Crippen LogP) is 2.41. The van der Waals surface area contributed by atoms with Crippen LogP contribution in [0.4, 0.5) is 0 Å². The Morgan fingerprint density at radius 1 is 0.684 bits per heavy atom. The van der Waals surface area contributed by atoms with Crippen LogP contribution in [0.3, 0.4) is 0 Å². The third kappa shape index (κ3) is 5.45. The number of aldehydes is 2. The zero-order valence-corrected chi connectivity index (χ0v) is 13.2. The summed E-state index contributed by atoms with van der Waals surface area (Å²) in [6, 6.07) is 12.8. The van der Waals surface area contributed by atoms with Crippen LogP contribution in [0.2, 0.25) is 0 Å². The second kappa shape index (κ2) is 9.00. The third-order valence-electron chi connectivity index (χ3n) is 2.13. The summed E-state index contributed by atoms with van der Waals surface area (Å²) in [4.78, 5) is 20.1. The van der Waals surface area contributed by atoms with Gasteiger partial charge in [-0.1, -0.05) is 24.3 Å². The first kappa shape index (κ1) is 17.0. The molecule has 2 N–H and O–H groups in total. The molecule has 0 saturated carbocycles. The van der Waals surface area contributed by atoms with Crippen LogP contribution in [-0.4, -0.2) is 22.8 Å². The van der Waals surface area contributed by atoms with E-state index in [1.807, 2.05) is 0 Å². The molecule has 0 aliphatic heterocycles. The first-order valence-corrected chi connectivity index (χ1v) is 5.15. The Morgan fingerprint density at radius 2 is 1.00 bits per heavy atom. The van der Waals surface area contributed by atoms with Crippen molar-refractivity contribution in [1.29, 1.82) is 0 Å². The second-order valence-corrected chi connectivity index (χ2v) is 3.35. The fourth-order valence-corrected chi connectivity index (χ4v) is 1.17. The van der Waals surface area contributed by atoms with Crippen molar-refractivity contribution in [1.82, 2.24) is 0 Å². The van der Waals surface area contributed by atoms with E-state index in [0.29, 0.717) is 23.7 Å². The van der Waals surface area contributed by atoms with Crippen molar-refractivity contribution in [3.8, 4) is 11.5 Å². The largest absolute Gasteiger partial charge is 0.507 e. The van der Waals surface area contributed by atoms with Crippen molar-refractivity contribution >= 4 is 12.6 Å². The molecule has 0 saturated heterocycles. The minimum absolute atomic E-state index is 0. The Kier molecular flexibility index (Phi) is 8.06. The Bertz CT molecular complexity index is 491. The SMILES string of the molecule is O=Cc1ccccc1O.O=Cc1ccccc1O.[Zn]. The van der Waals surface area contributed by atoms with Gasteiger partial charge in [-0.05, 0) is 24.3 Å². The van der Waals surface area contributed by atoms with Crippen molar-refractivity contribution in [3.05, 3.63) is 59.7 Å². The van der Waals surface area contributed by atoms with Crippen molar-refractivity contribution in [2.75, 3.05) is 0 Å². The van der Waals surface area contributed by atoms with Gasteiger partial charge in [0, 0.05) is 19.5 Å². The maximum absolute atomic E-state index is 10.1. The van der Waals surface area contributed by atoms with Gasteiger partial charge in [-0.3, -0.25) is 9.59 Å². The molecule has 0 amide bonds. The van der Waals surface area contributed by atoms with E-state index in [0.717, 1.165) is 0 Å². The summed E-state index contributed by atoms with van der Waals surface area (Å²) in [7, 11) is 0. The molecule has 2 aromatic carbocycles. The quantitative estimate of drug-likeness (QED) is 0.660. The molecule has 0 unspecified atom stereocenters. The number of carbonyl (C=O) groups is 2. The molecule has 5 heteroatoms. The van der Waals surface area contributed by atoms with Crippen LogP contribution in [0.25, 0.3) is 0 Å². The van der Waals surface area contributed by atoms with Gasteiger partial charge in [0.15, 0.2) is 12.6 Å². The molecule has 0 fully saturated rings. The summed E-state index contributed by atoms with van der Waals surface area (Å²) in [5, 5.41) is 17.8. The molecule has 0 bridgehead atoms. The predicted molar refractivity (Wildman–Crippen MR) is 67.0 cm³/mol. The fraction of sp³-hybridized carbons (Fsp3) is 0. The van der Waals surface area contributed by atoms with E-state index in [1.165, 1.54) is 12.1 Å². The van der Waals surface area contributed by atoms with Gasteiger partial charge in [0.1, 0.15) is 11.5 Å². The second-order valence-electron chi connectivity index (χ2n) is 3.35. The summed E-state index contributed by atoms with van der Waals surface area (Å²) < 4.78 is 0. The van der Waals surface area contributed by atoms with Crippen LogP contribution in [0, 0.1) is 0 Å². The van der Waals surface area contributed by atoms with Crippen LogP contribution < -0.4 is 0 Å².